The Morgan fingerprint density at radius 1 is 0.400 bits per heavy atom. The van der Waals surface area contributed by atoms with Gasteiger partial charge in [0.2, 0.25) is 0 Å². The maximum absolute atomic E-state index is 12.8. The molecule has 0 aliphatic rings. The number of ether oxygens (including phenoxy) is 4. The molecule has 0 N–H and O–H groups in total. The van der Waals surface area contributed by atoms with Crippen molar-refractivity contribution in [3.63, 3.8) is 0 Å². The summed E-state index contributed by atoms with van der Waals surface area (Å²) < 4.78 is 23.0. The van der Waals surface area contributed by atoms with Crippen molar-refractivity contribution >= 4 is 47.1 Å². The minimum atomic E-state index is -0.422. The monoisotopic (exact) mass is 942 g/mol. The van der Waals surface area contributed by atoms with Crippen molar-refractivity contribution in [3.8, 4) is 23.0 Å². The number of benzene rings is 6. The van der Waals surface area contributed by atoms with Crippen molar-refractivity contribution in [2.45, 2.75) is 117 Å². The van der Waals surface area contributed by atoms with Crippen LogP contribution in [0.2, 0.25) is 0 Å². The topological polar surface area (TPSA) is 99.0 Å². The lowest BCUT2D eigenvalue weighted by Gasteiger charge is -2.19. The Morgan fingerprint density at radius 2 is 0.714 bits per heavy atom. The highest BCUT2D eigenvalue weighted by molar-refractivity contribution is 5.92. The van der Waals surface area contributed by atoms with Gasteiger partial charge in [0.05, 0.1) is 35.7 Å². The molecule has 0 spiro atoms. The van der Waals surface area contributed by atoms with Gasteiger partial charge in [-0.15, -0.1) is 0 Å². The van der Waals surface area contributed by atoms with Gasteiger partial charge in [-0.3, -0.25) is 9.98 Å². The van der Waals surface area contributed by atoms with E-state index in [2.05, 4.69) is 53.0 Å². The molecule has 0 amide bonds. The Bertz CT molecular complexity index is 2310. The van der Waals surface area contributed by atoms with Crippen LogP contribution in [0.15, 0.2) is 156 Å². The number of anilines is 2. The predicted molar refractivity (Wildman–Crippen MR) is 287 cm³/mol. The molecule has 9 nitrogen and oxygen atoms in total. The van der Waals surface area contributed by atoms with Crippen LogP contribution in [0.1, 0.15) is 148 Å². The van der Waals surface area contributed by atoms with Crippen molar-refractivity contribution in [2.24, 2.45) is 9.98 Å². The molecule has 6 aromatic rings. The molecule has 366 valence electrons. The smallest absolute Gasteiger partial charge is 0.343 e. The molecule has 0 aliphatic carbocycles. The van der Waals surface area contributed by atoms with E-state index in [4.69, 9.17) is 18.9 Å². The third kappa shape index (κ3) is 18.5. The number of carbonyl (C=O) groups excluding carboxylic acids is 2. The van der Waals surface area contributed by atoms with Gasteiger partial charge in [0.15, 0.2) is 0 Å². The average molecular weight is 942 g/mol. The Hall–Kier alpha value is -7.00. The summed E-state index contributed by atoms with van der Waals surface area (Å²) in [5.41, 5.74) is 6.39. The normalized spacial score (nSPS) is 11.2. The van der Waals surface area contributed by atoms with Gasteiger partial charge in [0.1, 0.15) is 23.0 Å². The van der Waals surface area contributed by atoms with Crippen LogP contribution in [0.25, 0.3) is 0 Å². The Kier molecular flexibility index (Phi) is 22.3. The summed E-state index contributed by atoms with van der Waals surface area (Å²) in [4.78, 5) is 37.0. The molecular weight excluding hydrogens is 871 g/mol. The zero-order valence-corrected chi connectivity index (χ0v) is 41.5. The van der Waals surface area contributed by atoms with E-state index in [-0.39, 0.29) is 0 Å². The van der Waals surface area contributed by atoms with E-state index in [1.165, 1.54) is 89.9 Å². The van der Waals surface area contributed by atoms with Crippen molar-refractivity contribution < 1.29 is 28.5 Å². The lowest BCUT2D eigenvalue weighted by Crippen LogP contribution is -2.09. The molecule has 6 rings (SSSR count). The molecule has 0 saturated heterocycles. The molecule has 0 bridgehead atoms. The summed E-state index contributed by atoms with van der Waals surface area (Å²) in [6, 6.07) is 44.8. The molecular formula is C61H71N3O6. The predicted octanol–water partition coefficient (Wildman–Crippen LogP) is 16.4. The van der Waals surface area contributed by atoms with Gasteiger partial charge in [0.25, 0.3) is 0 Å². The van der Waals surface area contributed by atoms with Crippen molar-refractivity contribution in [1.29, 1.82) is 0 Å². The van der Waals surface area contributed by atoms with Crippen molar-refractivity contribution in [3.05, 3.63) is 168 Å². The lowest BCUT2D eigenvalue weighted by atomic mass is 10.1. The zero-order chi connectivity index (χ0) is 49.0. The number of unbranched alkanes of at least 4 members (excludes halogenated alkanes) is 14. The fourth-order valence-corrected chi connectivity index (χ4v) is 7.77. The van der Waals surface area contributed by atoms with Gasteiger partial charge in [-0.25, -0.2) is 9.59 Å². The fraction of sp³-hybridized carbons (Fsp3) is 0.344. The first kappa shape index (κ1) is 52.4. The van der Waals surface area contributed by atoms with Gasteiger partial charge in [-0.1, -0.05) is 128 Å². The summed E-state index contributed by atoms with van der Waals surface area (Å²) in [5, 5.41) is 0. The second-order valence-corrected chi connectivity index (χ2v) is 17.7. The Morgan fingerprint density at radius 3 is 1.06 bits per heavy atom. The van der Waals surface area contributed by atoms with Gasteiger partial charge in [-0.05, 0) is 145 Å². The molecule has 9 heteroatoms. The van der Waals surface area contributed by atoms with Gasteiger partial charge in [0, 0.05) is 30.9 Å². The highest BCUT2D eigenvalue weighted by atomic mass is 16.5. The van der Waals surface area contributed by atoms with Gasteiger partial charge >= 0.3 is 11.9 Å². The second kappa shape index (κ2) is 29.8. The standard InChI is InChI=1S/C61H71N3O6/c1-4-6-8-10-12-14-16-18-44-67-56-36-24-50(25-37-56)60(65)69-58-40-28-52(29-41-58)62-46-48-20-32-54(33-21-48)64(3)55-34-22-49(23-35-55)47-63-53-30-42-59(43-31-53)70-61(66)51-26-38-57(39-27-51)68-45-19-17-15-13-11-9-7-5-2/h20-43,46-47H,4-19,44-45H2,1-3H3. The molecule has 0 fully saturated rings. The molecule has 0 heterocycles. The van der Waals surface area contributed by atoms with Crippen LogP contribution in [0.5, 0.6) is 23.0 Å². The molecule has 0 aliphatic heterocycles. The van der Waals surface area contributed by atoms with Crippen LogP contribution in [0, 0.1) is 0 Å². The quantitative estimate of drug-likeness (QED) is 0.0192. The first-order chi connectivity index (χ1) is 34.4. The summed E-state index contributed by atoms with van der Waals surface area (Å²) in [6.07, 6.45) is 23.7. The van der Waals surface area contributed by atoms with E-state index in [1.54, 1.807) is 48.5 Å². The minimum Gasteiger partial charge on any atom is -0.494 e. The van der Waals surface area contributed by atoms with E-state index >= 15 is 0 Å². The third-order valence-corrected chi connectivity index (χ3v) is 12.1. The summed E-state index contributed by atoms with van der Waals surface area (Å²) in [7, 11) is 2.03. The van der Waals surface area contributed by atoms with Crippen LogP contribution >= 0.6 is 0 Å². The maximum atomic E-state index is 12.8. The molecule has 0 atom stereocenters. The zero-order valence-electron chi connectivity index (χ0n) is 41.5. The average Bonchev–Trinajstić information content (AvgIpc) is 3.40. The number of hydrogen-bond donors (Lipinski definition) is 0. The maximum Gasteiger partial charge on any atom is 0.343 e. The van der Waals surface area contributed by atoms with Crippen LogP contribution < -0.4 is 23.8 Å². The molecule has 0 radical (unpaired) electrons. The molecule has 6 aromatic carbocycles. The number of aliphatic imine (C=N–C) groups is 2. The highest BCUT2D eigenvalue weighted by Gasteiger charge is 2.11. The molecule has 0 aromatic heterocycles. The number of nitrogens with zero attached hydrogens (tertiary/aromatic N) is 3. The largest absolute Gasteiger partial charge is 0.494 e. The van der Waals surface area contributed by atoms with Crippen molar-refractivity contribution in [2.75, 3.05) is 25.2 Å². The number of esters is 2. The van der Waals surface area contributed by atoms with Crippen molar-refractivity contribution in [1.82, 2.24) is 0 Å². The fourth-order valence-electron chi connectivity index (χ4n) is 7.77. The van der Waals surface area contributed by atoms with Gasteiger partial charge in [-0.2, -0.15) is 0 Å². The lowest BCUT2D eigenvalue weighted by molar-refractivity contribution is 0.0725. The number of hydrogen-bond acceptors (Lipinski definition) is 9. The highest BCUT2D eigenvalue weighted by Crippen LogP contribution is 2.26. The third-order valence-electron chi connectivity index (χ3n) is 12.1. The van der Waals surface area contributed by atoms with Crippen LogP contribution in [-0.2, 0) is 0 Å². The molecule has 0 saturated carbocycles. The van der Waals surface area contributed by atoms with Crippen LogP contribution in [-0.4, -0.2) is 44.6 Å². The summed E-state index contributed by atoms with van der Waals surface area (Å²) >= 11 is 0. The van der Waals surface area contributed by atoms with E-state index < -0.39 is 11.9 Å². The van der Waals surface area contributed by atoms with Crippen LogP contribution in [0.4, 0.5) is 22.7 Å². The second-order valence-electron chi connectivity index (χ2n) is 17.7. The van der Waals surface area contributed by atoms with Crippen LogP contribution in [0.3, 0.4) is 0 Å². The first-order valence-corrected chi connectivity index (χ1v) is 25.5. The first-order valence-electron chi connectivity index (χ1n) is 25.5. The number of carbonyl (C=O) groups is 2. The summed E-state index contributed by atoms with van der Waals surface area (Å²) in [5.74, 6) is 1.57. The molecule has 70 heavy (non-hydrogen) atoms. The minimum absolute atomic E-state index is 0.422. The van der Waals surface area contributed by atoms with E-state index in [1.807, 2.05) is 92.3 Å². The van der Waals surface area contributed by atoms with E-state index in [0.29, 0.717) is 35.8 Å². The van der Waals surface area contributed by atoms with E-state index in [0.717, 1.165) is 58.2 Å². The van der Waals surface area contributed by atoms with Gasteiger partial charge < -0.3 is 23.8 Å². The number of rotatable bonds is 30. The summed E-state index contributed by atoms with van der Waals surface area (Å²) in [6.45, 7) is 5.85. The Balaban J connectivity index is 0.879. The van der Waals surface area contributed by atoms with E-state index in [9.17, 15) is 9.59 Å². The SMILES string of the molecule is CCCCCCCCCCOc1ccc(C(=O)Oc2ccc(N=Cc3ccc(N(C)c4ccc(C=Nc5ccc(OC(=O)c6ccc(OCCCCCCCCCC)cc6)cc5)cc4)cc3)cc2)cc1. The molecule has 0 unspecified atom stereocenters. The Labute approximate surface area is 416 Å².